The van der Waals surface area contributed by atoms with Gasteiger partial charge in [0.2, 0.25) is 10.0 Å². The number of alkyl halides is 1. The Balaban J connectivity index is 1.99. The number of nitrogens with zero attached hydrogens (tertiary/aromatic N) is 1. The number of halogens is 1. The van der Waals surface area contributed by atoms with Crippen LogP contribution in [-0.2, 0) is 14.8 Å². The molecule has 0 radical (unpaired) electrons. The van der Waals surface area contributed by atoms with Gasteiger partial charge in [-0.1, -0.05) is 19.3 Å². The maximum atomic E-state index is 12.2. The first-order chi connectivity index (χ1) is 10.1. The van der Waals surface area contributed by atoms with E-state index in [1.165, 1.54) is 6.42 Å². The lowest BCUT2D eigenvalue weighted by Gasteiger charge is -2.48. The molecule has 7 heteroatoms. The van der Waals surface area contributed by atoms with Crippen LogP contribution in [0.3, 0.4) is 0 Å². The van der Waals surface area contributed by atoms with Crippen LogP contribution >= 0.6 is 0 Å². The molecule has 124 valence electrons. The summed E-state index contributed by atoms with van der Waals surface area (Å²) in [7, 11) is -3.37. The molecule has 0 unspecified atom stereocenters. The second kappa shape index (κ2) is 7.85. The fraction of sp³-hybridized carbons (Fsp3) is 1.00. The maximum absolute atomic E-state index is 12.2. The Morgan fingerprint density at radius 2 is 1.81 bits per heavy atom. The van der Waals surface area contributed by atoms with Gasteiger partial charge in [-0.05, 0) is 19.3 Å². The maximum Gasteiger partial charge on any atom is 0.211 e. The van der Waals surface area contributed by atoms with Crippen LogP contribution in [0.2, 0.25) is 0 Å². The van der Waals surface area contributed by atoms with Crippen molar-refractivity contribution < 1.29 is 17.5 Å². The van der Waals surface area contributed by atoms with E-state index in [0.29, 0.717) is 6.54 Å². The predicted octanol–water partition coefficient (Wildman–Crippen LogP) is 1.30. The van der Waals surface area contributed by atoms with Crippen LogP contribution in [0, 0.1) is 0 Å². The van der Waals surface area contributed by atoms with Crippen molar-refractivity contribution in [3.63, 3.8) is 0 Å². The molecule has 0 aromatic carbocycles. The fourth-order valence-corrected chi connectivity index (χ4v) is 4.54. The van der Waals surface area contributed by atoms with E-state index < -0.39 is 16.7 Å². The molecule has 1 heterocycles. The van der Waals surface area contributed by atoms with Crippen molar-refractivity contribution in [2.24, 2.45) is 0 Å². The Labute approximate surface area is 127 Å². The van der Waals surface area contributed by atoms with Gasteiger partial charge in [-0.2, -0.15) is 0 Å². The van der Waals surface area contributed by atoms with Crippen molar-refractivity contribution in [1.82, 2.24) is 9.62 Å². The van der Waals surface area contributed by atoms with Crippen molar-refractivity contribution in [3.05, 3.63) is 0 Å². The number of morpholine rings is 1. The molecule has 1 aliphatic carbocycles. The minimum absolute atomic E-state index is 0.0693. The molecule has 5 nitrogen and oxygen atoms in total. The van der Waals surface area contributed by atoms with Crippen LogP contribution in [-0.4, -0.2) is 64.1 Å². The summed E-state index contributed by atoms with van der Waals surface area (Å²) in [5.74, 6) is -0.122. The lowest BCUT2D eigenvalue weighted by Crippen LogP contribution is -2.59. The first-order valence-electron chi connectivity index (χ1n) is 7.94. The highest BCUT2D eigenvalue weighted by atomic mass is 32.2. The van der Waals surface area contributed by atoms with Crippen molar-refractivity contribution in [2.45, 2.75) is 44.1 Å². The molecule has 2 rings (SSSR count). The topological polar surface area (TPSA) is 58.6 Å². The summed E-state index contributed by atoms with van der Waals surface area (Å²) in [6.07, 6.45) is 5.63. The summed E-state index contributed by atoms with van der Waals surface area (Å²) in [5, 5.41) is 0. The van der Waals surface area contributed by atoms with Crippen LogP contribution < -0.4 is 4.72 Å². The minimum Gasteiger partial charge on any atom is -0.379 e. The lowest BCUT2D eigenvalue weighted by atomic mass is 9.80. The number of sulfonamides is 1. The van der Waals surface area contributed by atoms with E-state index in [1.807, 2.05) is 0 Å². The lowest BCUT2D eigenvalue weighted by molar-refractivity contribution is -0.0348. The minimum atomic E-state index is -3.37. The molecule has 1 saturated heterocycles. The van der Waals surface area contributed by atoms with Crippen molar-refractivity contribution >= 4 is 10.0 Å². The zero-order valence-corrected chi connectivity index (χ0v) is 13.5. The molecule has 0 spiro atoms. The van der Waals surface area contributed by atoms with E-state index in [4.69, 9.17) is 4.74 Å². The number of hydrogen-bond donors (Lipinski definition) is 1. The summed E-state index contributed by atoms with van der Waals surface area (Å²) >= 11 is 0. The normalized spacial score (nSPS) is 24.0. The average Bonchev–Trinajstić information content (AvgIpc) is 2.53. The summed E-state index contributed by atoms with van der Waals surface area (Å²) in [4.78, 5) is 2.40. The molecule has 2 aliphatic rings. The second-order valence-corrected chi connectivity index (χ2v) is 7.99. The molecule has 0 bridgehead atoms. The number of rotatable bonds is 7. The third-order valence-electron chi connectivity index (χ3n) is 4.63. The summed E-state index contributed by atoms with van der Waals surface area (Å²) in [5.41, 5.74) is -0.0786. The average molecular weight is 322 g/mol. The van der Waals surface area contributed by atoms with Gasteiger partial charge in [0.1, 0.15) is 0 Å². The van der Waals surface area contributed by atoms with Gasteiger partial charge in [-0.25, -0.2) is 13.1 Å². The van der Waals surface area contributed by atoms with Gasteiger partial charge in [-0.3, -0.25) is 9.29 Å². The molecule has 0 aromatic heterocycles. The van der Waals surface area contributed by atoms with Gasteiger partial charge in [0, 0.05) is 25.2 Å². The van der Waals surface area contributed by atoms with Gasteiger partial charge in [-0.15, -0.1) is 0 Å². The highest BCUT2D eigenvalue weighted by Crippen LogP contribution is 2.34. The molecule has 2 fully saturated rings. The highest BCUT2D eigenvalue weighted by molar-refractivity contribution is 7.89. The Kier molecular flexibility index (Phi) is 6.40. The van der Waals surface area contributed by atoms with E-state index in [2.05, 4.69) is 9.62 Å². The Morgan fingerprint density at radius 3 is 2.43 bits per heavy atom. The number of ether oxygens (including phenoxy) is 1. The summed E-state index contributed by atoms with van der Waals surface area (Å²) in [6.45, 7) is 3.03. The predicted molar refractivity (Wildman–Crippen MR) is 80.6 cm³/mol. The molecule has 1 N–H and O–H groups in total. The van der Waals surface area contributed by atoms with Crippen LogP contribution in [0.15, 0.2) is 0 Å². The fourth-order valence-electron chi connectivity index (χ4n) is 3.41. The van der Waals surface area contributed by atoms with Gasteiger partial charge in [0.15, 0.2) is 0 Å². The first kappa shape index (κ1) is 17.1. The third kappa shape index (κ3) is 4.87. The van der Waals surface area contributed by atoms with E-state index in [-0.39, 0.29) is 17.7 Å². The van der Waals surface area contributed by atoms with Gasteiger partial charge in [0.25, 0.3) is 0 Å². The SMILES string of the molecule is O=S(=O)(CCCF)NCC1(N2CCOCC2)CCCCC1. The number of nitrogens with one attached hydrogen (secondary N) is 1. The molecule has 0 atom stereocenters. The van der Waals surface area contributed by atoms with E-state index in [0.717, 1.165) is 52.0 Å². The zero-order valence-electron chi connectivity index (χ0n) is 12.7. The quantitative estimate of drug-likeness (QED) is 0.767. The highest BCUT2D eigenvalue weighted by Gasteiger charge is 2.39. The summed E-state index contributed by atoms with van der Waals surface area (Å²) in [6, 6.07) is 0. The smallest absolute Gasteiger partial charge is 0.211 e. The van der Waals surface area contributed by atoms with Crippen LogP contribution in [0.1, 0.15) is 38.5 Å². The van der Waals surface area contributed by atoms with Crippen LogP contribution in [0.5, 0.6) is 0 Å². The van der Waals surface area contributed by atoms with Gasteiger partial charge in [0.05, 0.1) is 25.6 Å². The van der Waals surface area contributed by atoms with Crippen molar-refractivity contribution in [2.75, 3.05) is 45.3 Å². The van der Waals surface area contributed by atoms with Crippen molar-refractivity contribution in [3.8, 4) is 0 Å². The van der Waals surface area contributed by atoms with Gasteiger partial charge >= 0.3 is 0 Å². The van der Waals surface area contributed by atoms with Crippen molar-refractivity contribution in [1.29, 1.82) is 0 Å². The standard InChI is InChI=1S/C14H27FN2O3S/c15-7-4-12-21(18,19)16-13-14(5-2-1-3-6-14)17-8-10-20-11-9-17/h16H,1-13H2. The van der Waals surface area contributed by atoms with E-state index in [9.17, 15) is 12.8 Å². The summed E-state index contributed by atoms with van der Waals surface area (Å²) < 4.78 is 44.2. The van der Waals surface area contributed by atoms with Gasteiger partial charge < -0.3 is 4.74 Å². The molecular formula is C14H27FN2O3S. The molecule has 1 saturated carbocycles. The zero-order chi connectivity index (χ0) is 15.2. The Hall–Kier alpha value is -0.240. The second-order valence-electron chi connectivity index (χ2n) is 6.07. The number of hydrogen-bond acceptors (Lipinski definition) is 4. The molecule has 0 amide bonds. The van der Waals surface area contributed by atoms with Crippen LogP contribution in [0.4, 0.5) is 4.39 Å². The first-order valence-corrected chi connectivity index (χ1v) is 9.59. The monoisotopic (exact) mass is 322 g/mol. The molecule has 0 aromatic rings. The third-order valence-corrected chi connectivity index (χ3v) is 6.04. The molecule has 1 aliphatic heterocycles. The largest absolute Gasteiger partial charge is 0.379 e. The van der Waals surface area contributed by atoms with E-state index >= 15 is 0 Å². The molecule has 21 heavy (non-hydrogen) atoms. The molecular weight excluding hydrogens is 295 g/mol. The van der Waals surface area contributed by atoms with Crippen LogP contribution in [0.25, 0.3) is 0 Å². The Bertz CT molecular complexity index is 404. The van der Waals surface area contributed by atoms with E-state index in [1.54, 1.807) is 0 Å². The Morgan fingerprint density at radius 1 is 1.14 bits per heavy atom.